The lowest BCUT2D eigenvalue weighted by Gasteiger charge is -2.26. The van der Waals surface area contributed by atoms with Crippen molar-refractivity contribution in [1.29, 1.82) is 0 Å². The Hall–Kier alpha value is -4.86. The summed E-state index contributed by atoms with van der Waals surface area (Å²) in [6.07, 6.45) is 0.263. The summed E-state index contributed by atoms with van der Waals surface area (Å²) in [4.78, 5) is 56.5. The Bertz CT molecular complexity index is 1380. The third kappa shape index (κ3) is 9.06. The minimum absolute atomic E-state index is 0.0331. The topological polar surface area (TPSA) is 117 Å². The highest BCUT2D eigenvalue weighted by Crippen LogP contribution is 2.19. The number of hydrogen-bond acceptors (Lipinski definition) is 6. The molecule has 0 fully saturated rings. The molecular weight excluding hydrogens is 548 g/mol. The Morgan fingerprint density at radius 3 is 2.37 bits per heavy atom. The average Bonchev–Trinajstić information content (AvgIpc) is 3.02. The van der Waals surface area contributed by atoms with Crippen LogP contribution in [0, 0.1) is 0 Å². The summed E-state index contributed by atoms with van der Waals surface area (Å²) < 4.78 is 11.6. The van der Waals surface area contributed by atoms with E-state index in [2.05, 4.69) is 10.6 Å². The monoisotopic (exact) mass is 586 g/mol. The van der Waals surface area contributed by atoms with Gasteiger partial charge in [-0.05, 0) is 36.2 Å². The molecule has 0 unspecified atom stereocenters. The maximum absolute atomic E-state index is 13.5. The van der Waals surface area contributed by atoms with Gasteiger partial charge in [0.15, 0.2) is 0 Å². The highest BCUT2D eigenvalue weighted by Gasteiger charge is 2.29. The molecule has 10 heteroatoms. The van der Waals surface area contributed by atoms with E-state index in [1.54, 1.807) is 38.4 Å². The maximum atomic E-state index is 13.5. The molecule has 2 N–H and O–H groups in total. The van der Waals surface area contributed by atoms with Crippen LogP contribution in [0.2, 0.25) is 0 Å². The third-order valence-corrected chi connectivity index (χ3v) is 7.19. The second kappa shape index (κ2) is 15.4. The Morgan fingerprint density at radius 1 is 0.953 bits per heavy atom. The van der Waals surface area contributed by atoms with E-state index in [9.17, 15) is 19.2 Å². The summed E-state index contributed by atoms with van der Waals surface area (Å²) in [5, 5.41) is 5.67. The van der Waals surface area contributed by atoms with Crippen LogP contribution in [0.15, 0.2) is 84.9 Å². The molecule has 2 atom stereocenters. The Balaban J connectivity index is 1.53. The number of carbonyl (C=O) groups excluding carboxylic acids is 4. The first kappa shape index (κ1) is 31.1. The number of carbonyl (C=O) groups is 4. The molecule has 3 aromatic rings. The predicted molar refractivity (Wildman–Crippen MR) is 162 cm³/mol. The van der Waals surface area contributed by atoms with E-state index in [0.29, 0.717) is 17.9 Å². The third-order valence-electron chi connectivity index (χ3n) is 7.19. The number of para-hydroxylation sites is 2. The summed E-state index contributed by atoms with van der Waals surface area (Å²) in [7, 11) is 3.28. The van der Waals surface area contributed by atoms with Crippen molar-refractivity contribution in [2.24, 2.45) is 0 Å². The molecule has 1 aliphatic heterocycles. The van der Waals surface area contributed by atoms with Gasteiger partial charge < -0.3 is 29.9 Å². The Kier molecular flexibility index (Phi) is 11.1. The van der Waals surface area contributed by atoms with Crippen LogP contribution in [0.5, 0.6) is 11.5 Å². The van der Waals surface area contributed by atoms with Crippen molar-refractivity contribution in [2.45, 2.75) is 31.3 Å². The van der Waals surface area contributed by atoms with Crippen LogP contribution >= 0.6 is 0 Å². The van der Waals surface area contributed by atoms with Crippen LogP contribution in [0.4, 0.5) is 0 Å². The van der Waals surface area contributed by atoms with E-state index in [-0.39, 0.29) is 56.5 Å². The van der Waals surface area contributed by atoms with Gasteiger partial charge in [0.05, 0.1) is 18.7 Å². The SMILES string of the molecule is CN1CCOc2ccccc2C(=O)N[C@H](C(=O)N(C)CCOc2ccccc2)CCC(=O)N[C@@H](Cc2ccccc2)C1=O. The number of hydrogen-bond donors (Lipinski definition) is 2. The lowest BCUT2D eigenvalue weighted by Crippen LogP contribution is -2.50. The van der Waals surface area contributed by atoms with Crippen LogP contribution in [0.3, 0.4) is 0 Å². The van der Waals surface area contributed by atoms with E-state index >= 15 is 0 Å². The number of likely N-dealkylation sites (N-methyl/N-ethyl adjacent to an activating group) is 2. The molecule has 1 aliphatic rings. The molecule has 0 aromatic heterocycles. The molecule has 10 nitrogen and oxygen atoms in total. The number of nitrogens with one attached hydrogen (secondary N) is 2. The molecular formula is C33H38N4O6. The van der Waals surface area contributed by atoms with Crippen molar-refractivity contribution < 1.29 is 28.7 Å². The summed E-state index contributed by atoms with van der Waals surface area (Å²) in [5.74, 6) is -0.493. The number of rotatable bonds is 7. The van der Waals surface area contributed by atoms with Crippen molar-refractivity contribution in [1.82, 2.24) is 20.4 Å². The number of ether oxygens (including phenoxy) is 2. The largest absolute Gasteiger partial charge is 0.492 e. The predicted octanol–water partition coefficient (Wildman–Crippen LogP) is 2.68. The summed E-state index contributed by atoms with van der Waals surface area (Å²) in [6, 6.07) is 23.6. The molecule has 4 rings (SSSR count). The van der Waals surface area contributed by atoms with Crippen molar-refractivity contribution in [3.63, 3.8) is 0 Å². The zero-order valence-corrected chi connectivity index (χ0v) is 24.5. The van der Waals surface area contributed by atoms with Crippen molar-refractivity contribution in [3.05, 3.63) is 96.1 Å². The van der Waals surface area contributed by atoms with Crippen molar-refractivity contribution in [2.75, 3.05) is 40.4 Å². The molecule has 0 aliphatic carbocycles. The molecule has 3 aromatic carbocycles. The van der Waals surface area contributed by atoms with Gasteiger partial charge in [0.25, 0.3) is 5.91 Å². The summed E-state index contributed by atoms with van der Waals surface area (Å²) in [5.41, 5.74) is 1.16. The van der Waals surface area contributed by atoms with Crippen molar-refractivity contribution >= 4 is 23.6 Å². The lowest BCUT2D eigenvalue weighted by atomic mass is 10.0. The number of fused-ring (bicyclic) bond motifs is 1. The fourth-order valence-corrected chi connectivity index (χ4v) is 4.73. The standard InChI is InChI=1S/C33H38N4O6/c1-36(19-21-42-25-13-7-4-8-14-25)32(40)27-17-18-30(38)34-28(23-24-11-5-3-6-12-24)33(41)37(2)20-22-43-29-16-10-9-15-26(29)31(39)35-27/h3-16,27-28H,17-23H2,1-2H3,(H,34,38)(H,35,39)/t27-,28-/m0/s1. The van der Waals surface area contributed by atoms with Gasteiger partial charge >= 0.3 is 0 Å². The summed E-state index contributed by atoms with van der Waals surface area (Å²) >= 11 is 0. The van der Waals surface area contributed by atoms with E-state index in [0.717, 1.165) is 5.56 Å². The van der Waals surface area contributed by atoms with Gasteiger partial charge in [0, 0.05) is 26.9 Å². The van der Waals surface area contributed by atoms with Gasteiger partial charge in [-0.3, -0.25) is 19.2 Å². The fraction of sp³-hybridized carbons (Fsp3) is 0.333. The highest BCUT2D eigenvalue weighted by molar-refractivity contribution is 5.99. The molecule has 0 radical (unpaired) electrons. The van der Waals surface area contributed by atoms with Crippen LogP contribution in [-0.4, -0.2) is 85.9 Å². The van der Waals surface area contributed by atoms with E-state index in [4.69, 9.17) is 9.47 Å². The van der Waals surface area contributed by atoms with E-state index in [1.165, 1.54) is 9.80 Å². The van der Waals surface area contributed by atoms with E-state index in [1.807, 2.05) is 60.7 Å². The first-order valence-corrected chi connectivity index (χ1v) is 14.4. The highest BCUT2D eigenvalue weighted by atomic mass is 16.5. The second-order valence-electron chi connectivity index (χ2n) is 10.4. The molecule has 4 amide bonds. The van der Waals surface area contributed by atoms with Gasteiger partial charge in [-0.25, -0.2) is 0 Å². The molecule has 43 heavy (non-hydrogen) atoms. The minimum atomic E-state index is -0.996. The minimum Gasteiger partial charge on any atom is -0.492 e. The molecule has 0 spiro atoms. The molecule has 1 heterocycles. The maximum Gasteiger partial charge on any atom is 0.255 e. The van der Waals surface area contributed by atoms with Gasteiger partial charge in [-0.2, -0.15) is 0 Å². The van der Waals surface area contributed by atoms with Gasteiger partial charge in [0.1, 0.15) is 36.8 Å². The van der Waals surface area contributed by atoms with Crippen LogP contribution in [0.1, 0.15) is 28.8 Å². The second-order valence-corrected chi connectivity index (χ2v) is 10.4. The zero-order chi connectivity index (χ0) is 30.6. The van der Waals surface area contributed by atoms with Crippen LogP contribution < -0.4 is 20.1 Å². The van der Waals surface area contributed by atoms with Crippen molar-refractivity contribution in [3.8, 4) is 11.5 Å². The number of benzene rings is 3. The summed E-state index contributed by atoms with van der Waals surface area (Å²) in [6.45, 7) is 0.894. The van der Waals surface area contributed by atoms with Crippen LogP contribution in [-0.2, 0) is 20.8 Å². The normalized spacial score (nSPS) is 18.2. The first-order chi connectivity index (χ1) is 20.8. The van der Waals surface area contributed by atoms with Gasteiger partial charge in [-0.1, -0.05) is 60.7 Å². The van der Waals surface area contributed by atoms with E-state index < -0.39 is 23.9 Å². The first-order valence-electron chi connectivity index (χ1n) is 14.4. The smallest absolute Gasteiger partial charge is 0.255 e. The Morgan fingerprint density at radius 2 is 1.63 bits per heavy atom. The molecule has 0 saturated heterocycles. The number of amides is 4. The van der Waals surface area contributed by atoms with Gasteiger partial charge in [0.2, 0.25) is 17.7 Å². The zero-order valence-electron chi connectivity index (χ0n) is 24.5. The lowest BCUT2D eigenvalue weighted by molar-refractivity contribution is -0.136. The van der Waals surface area contributed by atoms with Gasteiger partial charge in [-0.15, -0.1) is 0 Å². The molecule has 226 valence electrons. The average molecular weight is 587 g/mol. The number of nitrogens with zero attached hydrogens (tertiary/aromatic N) is 2. The fourth-order valence-electron chi connectivity index (χ4n) is 4.73. The molecule has 0 bridgehead atoms. The van der Waals surface area contributed by atoms with Crippen LogP contribution in [0.25, 0.3) is 0 Å². The quantitative estimate of drug-likeness (QED) is 0.440. The molecule has 0 saturated carbocycles. The Labute approximate surface area is 252 Å².